The lowest BCUT2D eigenvalue weighted by Gasteiger charge is -2.15. The molecule has 35 heavy (non-hydrogen) atoms. The lowest BCUT2D eigenvalue weighted by atomic mass is 9.97. The number of carboxylic acids is 1. The molecule has 0 fully saturated rings. The third kappa shape index (κ3) is 5.37. The number of benzene rings is 2. The summed E-state index contributed by atoms with van der Waals surface area (Å²) in [6.07, 6.45) is 0.987. The van der Waals surface area contributed by atoms with Crippen molar-refractivity contribution >= 4 is 23.7 Å². The Morgan fingerprint density at radius 1 is 1.00 bits per heavy atom. The van der Waals surface area contributed by atoms with Gasteiger partial charge in [-0.3, -0.25) is 14.9 Å². The highest BCUT2D eigenvalue weighted by Crippen LogP contribution is 2.44. The molecule has 4 rings (SSSR count). The van der Waals surface area contributed by atoms with Gasteiger partial charge in [0.25, 0.3) is 5.91 Å². The Balaban J connectivity index is 1.37. The SMILES string of the molecule is CC(C)CC(CNC(=O)c1occc1NC(=O)OCC1c2ccccc2-c2ccccc21)C(=O)O. The molecule has 0 aliphatic heterocycles. The van der Waals surface area contributed by atoms with Crippen LogP contribution in [0.15, 0.2) is 65.3 Å². The van der Waals surface area contributed by atoms with E-state index in [9.17, 15) is 19.5 Å². The second-order valence-electron chi connectivity index (χ2n) is 8.99. The van der Waals surface area contributed by atoms with E-state index < -0.39 is 23.9 Å². The van der Waals surface area contributed by atoms with Crippen LogP contribution in [0, 0.1) is 11.8 Å². The first-order valence-corrected chi connectivity index (χ1v) is 11.6. The van der Waals surface area contributed by atoms with Gasteiger partial charge in [-0.15, -0.1) is 0 Å². The number of ether oxygens (including phenoxy) is 1. The number of aliphatic carboxylic acids is 1. The molecule has 8 heteroatoms. The van der Waals surface area contributed by atoms with Crippen molar-refractivity contribution in [3.8, 4) is 11.1 Å². The first-order chi connectivity index (χ1) is 16.8. The van der Waals surface area contributed by atoms with Gasteiger partial charge < -0.3 is 19.6 Å². The molecule has 8 nitrogen and oxygen atoms in total. The van der Waals surface area contributed by atoms with Crippen LogP contribution in [0.25, 0.3) is 11.1 Å². The number of hydrogen-bond donors (Lipinski definition) is 3. The van der Waals surface area contributed by atoms with Crippen molar-refractivity contribution in [3.05, 3.63) is 77.7 Å². The van der Waals surface area contributed by atoms with Crippen LogP contribution in [0.1, 0.15) is 47.9 Å². The summed E-state index contributed by atoms with van der Waals surface area (Å²) in [5, 5.41) is 14.5. The van der Waals surface area contributed by atoms with Crippen molar-refractivity contribution in [2.24, 2.45) is 11.8 Å². The monoisotopic (exact) mass is 476 g/mol. The van der Waals surface area contributed by atoms with E-state index in [4.69, 9.17) is 9.15 Å². The van der Waals surface area contributed by atoms with E-state index in [2.05, 4.69) is 22.8 Å². The van der Waals surface area contributed by atoms with Crippen molar-refractivity contribution in [1.29, 1.82) is 0 Å². The number of amides is 2. The maximum Gasteiger partial charge on any atom is 0.411 e. The number of fused-ring (bicyclic) bond motifs is 3. The highest BCUT2D eigenvalue weighted by molar-refractivity contribution is 6.00. The van der Waals surface area contributed by atoms with Gasteiger partial charge in [0.05, 0.1) is 17.9 Å². The van der Waals surface area contributed by atoms with E-state index in [1.807, 2.05) is 50.2 Å². The summed E-state index contributed by atoms with van der Waals surface area (Å²) in [6.45, 7) is 3.92. The molecule has 1 aliphatic carbocycles. The minimum absolute atomic E-state index is 0.0442. The molecule has 0 radical (unpaired) electrons. The molecule has 0 bridgehead atoms. The van der Waals surface area contributed by atoms with Crippen molar-refractivity contribution in [3.63, 3.8) is 0 Å². The Labute approximate surface area is 203 Å². The van der Waals surface area contributed by atoms with Crippen LogP contribution in [-0.2, 0) is 9.53 Å². The maximum atomic E-state index is 12.6. The molecule has 1 aromatic heterocycles. The normalized spacial score (nSPS) is 13.1. The highest BCUT2D eigenvalue weighted by Gasteiger charge is 2.29. The number of furan rings is 1. The van der Waals surface area contributed by atoms with Crippen LogP contribution < -0.4 is 10.6 Å². The van der Waals surface area contributed by atoms with Gasteiger partial charge in [0.1, 0.15) is 6.61 Å². The average Bonchev–Trinajstić information content (AvgIpc) is 3.42. The van der Waals surface area contributed by atoms with Crippen LogP contribution in [0.2, 0.25) is 0 Å². The van der Waals surface area contributed by atoms with E-state index in [0.29, 0.717) is 6.42 Å². The van der Waals surface area contributed by atoms with Gasteiger partial charge in [-0.1, -0.05) is 62.4 Å². The number of carbonyl (C=O) groups excluding carboxylic acids is 2. The van der Waals surface area contributed by atoms with Crippen LogP contribution in [0.3, 0.4) is 0 Å². The van der Waals surface area contributed by atoms with E-state index in [-0.39, 0.29) is 36.4 Å². The quantitative estimate of drug-likeness (QED) is 0.395. The molecule has 1 heterocycles. The Hall–Kier alpha value is -4.07. The number of carboxylic acid groups (broad SMARTS) is 1. The van der Waals surface area contributed by atoms with Crippen LogP contribution in [0.5, 0.6) is 0 Å². The summed E-state index contributed by atoms with van der Waals surface area (Å²) in [4.78, 5) is 36.6. The Morgan fingerprint density at radius 2 is 1.63 bits per heavy atom. The fourth-order valence-electron chi connectivity index (χ4n) is 4.46. The largest absolute Gasteiger partial charge is 0.481 e. The van der Waals surface area contributed by atoms with E-state index >= 15 is 0 Å². The van der Waals surface area contributed by atoms with Gasteiger partial charge in [-0.05, 0) is 34.6 Å². The lowest BCUT2D eigenvalue weighted by molar-refractivity contribution is -0.142. The summed E-state index contributed by atoms with van der Waals surface area (Å²) in [6, 6.07) is 17.5. The molecule has 2 amide bonds. The van der Waals surface area contributed by atoms with E-state index in [1.165, 1.54) is 12.3 Å². The van der Waals surface area contributed by atoms with E-state index in [1.54, 1.807) is 0 Å². The number of rotatable bonds is 9. The average molecular weight is 477 g/mol. The minimum Gasteiger partial charge on any atom is -0.481 e. The molecule has 3 N–H and O–H groups in total. The Kier molecular flexibility index (Phi) is 7.19. The molecule has 3 aromatic rings. The summed E-state index contributed by atoms with van der Waals surface area (Å²) in [5.74, 6) is -2.34. The fraction of sp³-hybridized carbons (Fsp3) is 0.296. The third-order valence-electron chi connectivity index (χ3n) is 6.07. The van der Waals surface area contributed by atoms with Gasteiger partial charge in [0.2, 0.25) is 5.76 Å². The van der Waals surface area contributed by atoms with Gasteiger partial charge in [-0.25, -0.2) is 4.79 Å². The Bertz CT molecular complexity index is 1190. The summed E-state index contributed by atoms with van der Waals surface area (Å²) < 4.78 is 10.8. The minimum atomic E-state index is -0.976. The van der Waals surface area contributed by atoms with Crippen molar-refractivity contribution in [1.82, 2.24) is 5.32 Å². The molecule has 0 saturated carbocycles. The fourth-order valence-corrected chi connectivity index (χ4v) is 4.46. The molecule has 1 unspecified atom stereocenters. The topological polar surface area (TPSA) is 118 Å². The summed E-state index contributed by atoms with van der Waals surface area (Å²) in [7, 11) is 0. The van der Waals surface area contributed by atoms with E-state index in [0.717, 1.165) is 22.3 Å². The number of carbonyl (C=O) groups is 3. The molecule has 182 valence electrons. The summed E-state index contributed by atoms with van der Waals surface area (Å²) >= 11 is 0. The molecule has 1 atom stereocenters. The van der Waals surface area contributed by atoms with Crippen molar-refractivity contribution in [2.75, 3.05) is 18.5 Å². The predicted molar refractivity (Wildman–Crippen MR) is 130 cm³/mol. The second-order valence-corrected chi connectivity index (χ2v) is 8.99. The predicted octanol–water partition coefficient (Wildman–Crippen LogP) is 5.12. The number of hydrogen-bond acceptors (Lipinski definition) is 5. The zero-order valence-corrected chi connectivity index (χ0v) is 19.6. The molecular weight excluding hydrogens is 448 g/mol. The van der Waals surface area contributed by atoms with Gasteiger partial charge in [-0.2, -0.15) is 0 Å². The Morgan fingerprint density at radius 3 is 2.23 bits per heavy atom. The molecule has 2 aromatic carbocycles. The van der Waals surface area contributed by atoms with Crippen molar-refractivity contribution < 1.29 is 28.6 Å². The highest BCUT2D eigenvalue weighted by atomic mass is 16.5. The third-order valence-corrected chi connectivity index (χ3v) is 6.07. The molecule has 0 saturated heterocycles. The van der Waals surface area contributed by atoms with Crippen LogP contribution in [0.4, 0.5) is 10.5 Å². The number of nitrogens with one attached hydrogen (secondary N) is 2. The van der Waals surface area contributed by atoms with Crippen LogP contribution >= 0.6 is 0 Å². The standard InChI is InChI=1S/C27H28N2O6/c1-16(2)13-17(26(31)32)14-28-25(30)24-23(11-12-34-24)29-27(33)35-15-22-20-9-5-3-7-18(20)19-8-4-6-10-21(19)22/h3-12,16-17,22H,13-15H2,1-2H3,(H,28,30)(H,29,33)(H,31,32). The smallest absolute Gasteiger partial charge is 0.411 e. The van der Waals surface area contributed by atoms with Gasteiger partial charge in [0.15, 0.2) is 0 Å². The molecular formula is C27H28N2O6. The van der Waals surface area contributed by atoms with Gasteiger partial charge in [0, 0.05) is 18.5 Å². The lowest BCUT2D eigenvalue weighted by Crippen LogP contribution is -2.34. The first-order valence-electron chi connectivity index (χ1n) is 11.6. The maximum absolute atomic E-state index is 12.6. The zero-order chi connectivity index (χ0) is 24.9. The molecule has 0 spiro atoms. The summed E-state index contributed by atoms with van der Waals surface area (Å²) in [5.41, 5.74) is 4.60. The van der Waals surface area contributed by atoms with Crippen LogP contribution in [-0.4, -0.2) is 36.2 Å². The number of anilines is 1. The van der Waals surface area contributed by atoms with Gasteiger partial charge >= 0.3 is 12.1 Å². The first kappa shape index (κ1) is 24.1. The second kappa shape index (κ2) is 10.5. The molecule has 1 aliphatic rings. The zero-order valence-electron chi connectivity index (χ0n) is 19.6. The van der Waals surface area contributed by atoms with Crippen molar-refractivity contribution in [2.45, 2.75) is 26.2 Å².